The summed E-state index contributed by atoms with van der Waals surface area (Å²) in [5.41, 5.74) is 1.66. The average molecular weight is 380 g/mol. The summed E-state index contributed by atoms with van der Waals surface area (Å²) in [6.45, 7) is 3.54. The Morgan fingerprint density at radius 3 is 2.82 bits per heavy atom. The molecule has 0 radical (unpaired) electrons. The van der Waals surface area contributed by atoms with E-state index in [1.165, 1.54) is 7.11 Å². The highest BCUT2D eigenvalue weighted by molar-refractivity contribution is 5.93. The Morgan fingerprint density at radius 2 is 2.14 bits per heavy atom. The van der Waals surface area contributed by atoms with Crippen LogP contribution in [-0.4, -0.2) is 68.7 Å². The van der Waals surface area contributed by atoms with Gasteiger partial charge in [0.1, 0.15) is 0 Å². The quantitative estimate of drug-likeness (QED) is 0.678. The first kappa shape index (κ1) is 18.1. The monoisotopic (exact) mass is 380 g/mol. The highest BCUT2D eigenvalue weighted by atomic mass is 16.5. The zero-order valence-corrected chi connectivity index (χ0v) is 15.6. The van der Waals surface area contributed by atoms with Crippen LogP contribution in [0.1, 0.15) is 17.4 Å². The Bertz CT molecular complexity index is 958. The maximum absolute atomic E-state index is 13.1. The highest BCUT2D eigenvalue weighted by Crippen LogP contribution is 2.23. The molecule has 0 saturated carbocycles. The van der Waals surface area contributed by atoms with Crippen LogP contribution in [0.3, 0.4) is 0 Å². The number of rotatable bonds is 4. The minimum atomic E-state index is -0.145. The molecule has 1 atom stereocenters. The second-order valence-corrected chi connectivity index (χ2v) is 6.40. The van der Waals surface area contributed by atoms with E-state index in [1.54, 1.807) is 34.0 Å². The second-order valence-electron chi connectivity index (χ2n) is 6.40. The number of aromatic nitrogens is 5. The van der Waals surface area contributed by atoms with Crippen LogP contribution in [0, 0.1) is 0 Å². The first-order valence-electron chi connectivity index (χ1n) is 8.95. The fraction of sp³-hybridized carbons (Fsp3) is 0.316. The Labute approximate surface area is 161 Å². The maximum Gasteiger partial charge on any atom is 0.274 e. The van der Waals surface area contributed by atoms with Crippen molar-refractivity contribution in [3.8, 4) is 23.1 Å². The molecule has 1 fully saturated rings. The Hall–Kier alpha value is -3.33. The van der Waals surface area contributed by atoms with Gasteiger partial charge in [-0.15, -0.1) is 10.2 Å². The van der Waals surface area contributed by atoms with Gasteiger partial charge in [0, 0.05) is 18.8 Å². The van der Waals surface area contributed by atoms with Gasteiger partial charge < -0.3 is 14.4 Å². The largest absolute Gasteiger partial charge is 0.480 e. The lowest BCUT2D eigenvalue weighted by Gasteiger charge is -2.32. The molecule has 9 heteroatoms. The number of ether oxygens (including phenoxy) is 2. The van der Waals surface area contributed by atoms with Crippen molar-refractivity contribution < 1.29 is 14.3 Å². The van der Waals surface area contributed by atoms with Gasteiger partial charge in [0.15, 0.2) is 11.5 Å². The smallest absolute Gasteiger partial charge is 0.274 e. The molecule has 1 aliphatic rings. The summed E-state index contributed by atoms with van der Waals surface area (Å²) in [7, 11) is 1.52. The first-order valence-corrected chi connectivity index (χ1v) is 8.95. The van der Waals surface area contributed by atoms with Gasteiger partial charge in [-0.05, 0) is 31.2 Å². The molecule has 0 bridgehead atoms. The molecule has 4 heterocycles. The van der Waals surface area contributed by atoms with Crippen LogP contribution < -0.4 is 4.74 Å². The van der Waals surface area contributed by atoms with Crippen LogP contribution >= 0.6 is 0 Å². The van der Waals surface area contributed by atoms with Crippen molar-refractivity contribution in [3.63, 3.8) is 0 Å². The predicted molar refractivity (Wildman–Crippen MR) is 100 cm³/mol. The molecule has 3 aromatic heterocycles. The van der Waals surface area contributed by atoms with Crippen molar-refractivity contribution in [2.75, 3.05) is 26.9 Å². The zero-order valence-electron chi connectivity index (χ0n) is 15.6. The van der Waals surface area contributed by atoms with Gasteiger partial charge in [-0.1, -0.05) is 6.07 Å². The number of carbonyl (C=O) groups is 1. The standard InChI is InChI=1S/C19H20N6O3/c1-13-12-28-10-9-24(13)19(26)15-11-16(14-5-3-4-8-20-14)25(23-15)17-6-7-18(27-2)22-21-17/h3-8,11,13H,9-10,12H2,1-2H3/t13-/m1/s1. The summed E-state index contributed by atoms with van der Waals surface area (Å²) >= 11 is 0. The minimum Gasteiger partial charge on any atom is -0.480 e. The number of hydrogen-bond acceptors (Lipinski definition) is 7. The molecule has 0 spiro atoms. The lowest BCUT2D eigenvalue weighted by atomic mass is 10.2. The maximum atomic E-state index is 13.1. The van der Waals surface area contributed by atoms with E-state index < -0.39 is 0 Å². The predicted octanol–water partition coefficient (Wildman–Crippen LogP) is 1.59. The molecular formula is C19H20N6O3. The van der Waals surface area contributed by atoms with Crippen molar-refractivity contribution in [1.82, 2.24) is 29.9 Å². The third kappa shape index (κ3) is 3.44. The molecule has 0 N–H and O–H groups in total. The molecule has 28 heavy (non-hydrogen) atoms. The summed E-state index contributed by atoms with van der Waals surface area (Å²) in [6.07, 6.45) is 1.69. The van der Waals surface area contributed by atoms with Gasteiger partial charge in [0.2, 0.25) is 5.88 Å². The summed E-state index contributed by atoms with van der Waals surface area (Å²) < 4.78 is 12.1. The number of nitrogens with zero attached hydrogens (tertiary/aromatic N) is 6. The van der Waals surface area contributed by atoms with E-state index in [4.69, 9.17) is 9.47 Å². The van der Waals surface area contributed by atoms with E-state index in [1.807, 2.05) is 25.1 Å². The van der Waals surface area contributed by atoms with Crippen molar-refractivity contribution in [1.29, 1.82) is 0 Å². The highest BCUT2D eigenvalue weighted by Gasteiger charge is 2.28. The van der Waals surface area contributed by atoms with E-state index in [0.717, 1.165) is 0 Å². The van der Waals surface area contributed by atoms with Crippen LogP contribution in [0.15, 0.2) is 42.6 Å². The van der Waals surface area contributed by atoms with Crippen LogP contribution in [-0.2, 0) is 4.74 Å². The number of methoxy groups -OCH3 is 1. The fourth-order valence-corrected chi connectivity index (χ4v) is 3.07. The van der Waals surface area contributed by atoms with Gasteiger partial charge >= 0.3 is 0 Å². The topological polar surface area (TPSA) is 95.3 Å². The van der Waals surface area contributed by atoms with Crippen LogP contribution in [0.25, 0.3) is 17.2 Å². The zero-order chi connectivity index (χ0) is 19.5. The third-order valence-electron chi connectivity index (χ3n) is 4.54. The van der Waals surface area contributed by atoms with E-state index in [0.29, 0.717) is 48.5 Å². The molecule has 9 nitrogen and oxygen atoms in total. The van der Waals surface area contributed by atoms with E-state index in [-0.39, 0.29) is 11.9 Å². The molecule has 0 unspecified atom stereocenters. The van der Waals surface area contributed by atoms with Crippen molar-refractivity contribution in [2.45, 2.75) is 13.0 Å². The van der Waals surface area contributed by atoms with Crippen molar-refractivity contribution in [2.24, 2.45) is 0 Å². The van der Waals surface area contributed by atoms with Crippen LogP contribution in [0.2, 0.25) is 0 Å². The van der Waals surface area contributed by atoms with Gasteiger partial charge in [-0.2, -0.15) is 5.10 Å². The lowest BCUT2D eigenvalue weighted by Crippen LogP contribution is -2.47. The fourth-order valence-electron chi connectivity index (χ4n) is 3.07. The van der Waals surface area contributed by atoms with Crippen molar-refractivity contribution in [3.05, 3.63) is 48.3 Å². The van der Waals surface area contributed by atoms with Crippen LogP contribution in [0.4, 0.5) is 0 Å². The Morgan fingerprint density at radius 1 is 1.25 bits per heavy atom. The molecule has 0 aliphatic carbocycles. The van der Waals surface area contributed by atoms with Gasteiger partial charge in [0.05, 0.1) is 37.8 Å². The van der Waals surface area contributed by atoms with E-state index in [2.05, 4.69) is 20.3 Å². The Balaban J connectivity index is 1.76. The first-order chi connectivity index (χ1) is 13.7. The summed E-state index contributed by atoms with van der Waals surface area (Å²) in [5, 5.41) is 12.7. The summed E-state index contributed by atoms with van der Waals surface area (Å²) in [6, 6.07) is 10.7. The molecule has 1 amide bonds. The van der Waals surface area contributed by atoms with Gasteiger partial charge in [0.25, 0.3) is 5.91 Å². The molecular weight excluding hydrogens is 360 g/mol. The number of hydrogen-bond donors (Lipinski definition) is 0. The minimum absolute atomic E-state index is 0.00882. The number of carbonyl (C=O) groups excluding carboxylic acids is 1. The molecule has 1 saturated heterocycles. The molecule has 144 valence electrons. The number of morpholine rings is 1. The lowest BCUT2D eigenvalue weighted by molar-refractivity contribution is 0.00325. The number of amides is 1. The van der Waals surface area contributed by atoms with Gasteiger partial charge in [-0.25, -0.2) is 4.68 Å². The average Bonchev–Trinajstić information content (AvgIpc) is 3.20. The van der Waals surface area contributed by atoms with Crippen molar-refractivity contribution >= 4 is 5.91 Å². The van der Waals surface area contributed by atoms with Gasteiger partial charge in [-0.3, -0.25) is 9.78 Å². The van der Waals surface area contributed by atoms with E-state index >= 15 is 0 Å². The second kappa shape index (κ2) is 7.73. The summed E-state index contributed by atoms with van der Waals surface area (Å²) in [4.78, 5) is 19.2. The van der Waals surface area contributed by atoms with E-state index in [9.17, 15) is 4.79 Å². The number of pyridine rings is 1. The van der Waals surface area contributed by atoms with Crippen LogP contribution in [0.5, 0.6) is 5.88 Å². The Kier molecular flexibility index (Phi) is 4.98. The molecule has 3 aromatic rings. The molecule has 4 rings (SSSR count). The molecule has 0 aromatic carbocycles. The third-order valence-corrected chi connectivity index (χ3v) is 4.54. The molecule has 1 aliphatic heterocycles. The normalized spacial score (nSPS) is 16.8. The SMILES string of the molecule is COc1ccc(-n2nc(C(=O)N3CCOC[C@H]3C)cc2-c2ccccn2)nn1. The summed E-state index contributed by atoms with van der Waals surface area (Å²) in [5.74, 6) is 0.720.